The molecule has 4 N–H and O–H groups in total. The normalized spacial score (nSPS) is 12.2. The fourth-order valence-electron chi connectivity index (χ4n) is 1.83. The van der Waals surface area contributed by atoms with E-state index in [0.717, 1.165) is 6.42 Å². The second-order valence-electron chi connectivity index (χ2n) is 4.45. The zero-order chi connectivity index (χ0) is 14.4. The number of nitrogen functional groups attached to an aromatic ring is 1. The molecule has 1 aromatic heterocycles. The average Bonchev–Trinajstić information content (AvgIpc) is 2.39. The summed E-state index contributed by atoms with van der Waals surface area (Å²) in [5.41, 5.74) is 11.8. The molecule has 1 rings (SSSR count). The fourth-order valence-corrected chi connectivity index (χ4v) is 1.83. The molecule has 6 nitrogen and oxygen atoms in total. The Labute approximate surface area is 113 Å². The molecule has 0 spiro atoms. The van der Waals surface area contributed by atoms with Gasteiger partial charge in [-0.2, -0.15) is 0 Å². The summed E-state index contributed by atoms with van der Waals surface area (Å²) in [5, 5.41) is 0. The van der Waals surface area contributed by atoms with Gasteiger partial charge in [-0.25, -0.2) is 4.98 Å². The van der Waals surface area contributed by atoms with Crippen molar-refractivity contribution in [2.75, 3.05) is 30.9 Å². The Morgan fingerprint density at radius 1 is 1.58 bits per heavy atom. The van der Waals surface area contributed by atoms with Crippen molar-refractivity contribution >= 4 is 17.4 Å². The van der Waals surface area contributed by atoms with Gasteiger partial charge in [0.25, 0.3) is 5.91 Å². The smallest absolute Gasteiger partial charge is 0.252 e. The maximum Gasteiger partial charge on any atom is 0.252 e. The number of amides is 1. The molecule has 1 aromatic rings. The average molecular weight is 266 g/mol. The van der Waals surface area contributed by atoms with Gasteiger partial charge < -0.3 is 21.1 Å². The summed E-state index contributed by atoms with van der Waals surface area (Å²) >= 11 is 0. The summed E-state index contributed by atoms with van der Waals surface area (Å²) in [6.45, 7) is 5.33. The number of ether oxygens (including phenoxy) is 1. The highest BCUT2D eigenvalue weighted by Gasteiger charge is 2.20. The van der Waals surface area contributed by atoms with E-state index in [9.17, 15) is 4.79 Å². The number of methoxy groups -OCH3 is 1. The third-order valence-corrected chi connectivity index (χ3v) is 3.08. The maximum atomic E-state index is 11.5. The van der Waals surface area contributed by atoms with Gasteiger partial charge in [-0.3, -0.25) is 4.79 Å². The summed E-state index contributed by atoms with van der Waals surface area (Å²) in [4.78, 5) is 17.8. The van der Waals surface area contributed by atoms with Crippen LogP contribution < -0.4 is 16.4 Å². The molecule has 6 heteroatoms. The number of pyridine rings is 1. The summed E-state index contributed by atoms with van der Waals surface area (Å²) in [6.07, 6.45) is 2.46. The highest BCUT2D eigenvalue weighted by atomic mass is 16.5. The van der Waals surface area contributed by atoms with Gasteiger partial charge >= 0.3 is 0 Å². The highest BCUT2D eigenvalue weighted by Crippen LogP contribution is 2.22. The van der Waals surface area contributed by atoms with Gasteiger partial charge in [0.2, 0.25) is 0 Å². The number of aromatic nitrogens is 1. The van der Waals surface area contributed by atoms with Gasteiger partial charge in [0.05, 0.1) is 24.1 Å². The second-order valence-corrected chi connectivity index (χ2v) is 4.45. The lowest BCUT2D eigenvalue weighted by Gasteiger charge is -2.30. The van der Waals surface area contributed by atoms with Crippen molar-refractivity contribution in [3.8, 4) is 0 Å². The molecule has 19 heavy (non-hydrogen) atoms. The van der Waals surface area contributed by atoms with Crippen LogP contribution in [-0.4, -0.2) is 37.2 Å². The summed E-state index contributed by atoms with van der Waals surface area (Å²) < 4.78 is 5.10. The van der Waals surface area contributed by atoms with E-state index in [0.29, 0.717) is 30.2 Å². The standard InChI is InChI=1S/C13H22N4O2/c1-4-9(2)17(5-6-19-3)13-11(12(15)18)7-10(14)8-16-13/h7-9H,4-6,14H2,1-3H3,(H2,15,18). The van der Waals surface area contributed by atoms with Crippen molar-refractivity contribution in [1.29, 1.82) is 0 Å². The fraction of sp³-hybridized carbons (Fsp3) is 0.538. The van der Waals surface area contributed by atoms with E-state index in [1.54, 1.807) is 13.2 Å². The van der Waals surface area contributed by atoms with Crippen LogP contribution in [0, 0.1) is 0 Å². The lowest BCUT2D eigenvalue weighted by Crippen LogP contribution is -2.37. The first-order valence-corrected chi connectivity index (χ1v) is 6.32. The lowest BCUT2D eigenvalue weighted by molar-refractivity contribution is 0.1000. The molecule has 1 heterocycles. The Morgan fingerprint density at radius 2 is 2.26 bits per heavy atom. The number of hydrogen-bond donors (Lipinski definition) is 2. The number of nitrogens with two attached hydrogens (primary N) is 2. The van der Waals surface area contributed by atoms with Crippen molar-refractivity contribution in [3.63, 3.8) is 0 Å². The molecule has 0 saturated heterocycles. The minimum Gasteiger partial charge on any atom is -0.397 e. The van der Waals surface area contributed by atoms with E-state index in [2.05, 4.69) is 18.8 Å². The third kappa shape index (κ3) is 3.82. The van der Waals surface area contributed by atoms with E-state index in [1.165, 1.54) is 6.20 Å². The van der Waals surface area contributed by atoms with E-state index in [4.69, 9.17) is 16.2 Å². The van der Waals surface area contributed by atoms with Crippen LogP contribution in [0.25, 0.3) is 0 Å². The Kier molecular flexibility index (Phi) is 5.57. The monoisotopic (exact) mass is 266 g/mol. The first kappa shape index (κ1) is 15.2. The van der Waals surface area contributed by atoms with Crippen molar-refractivity contribution in [1.82, 2.24) is 4.98 Å². The van der Waals surface area contributed by atoms with Gasteiger partial charge in [0, 0.05) is 19.7 Å². The van der Waals surface area contributed by atoms with E-state index < -0.39 is 5.91 Å². The minimum atomic E-state index is -0.527. The van der Waals surface area contributed by atoms with Crippen LogP contribution in [-0.2, 0) is 4.74 Å². The summed E-state index contributed by atoms with van der Waals surface area (Å²) in [7, 11) is 1.64. The second kappa shape index (κ2) is 6.94. The van der Waals surface area contributed by atoms with Crippen molar-refractivity contribution in [2.24, 2.45) is 5.73 Å². The zero-order valence-electron chi connectivity index (χ0n) is 11.7. The predicted molar refractivity (Wildman–Crippen MR) is 76.1 cm³/mol. The van der Waals surface area contributed by atoms with Crippen LogP contribution in [0.4, 0.5) is 11.5 Å². The molecule has 0 saturated carbocycles. The van der Waals surface area contributed by atoms with Gasteiger partial charge in [-0.1, -0.05) is 6.92 Å². The van der Waals surface area contributed by atoms with E-state index >= 15 is 0 Å². The quantitative estimate of drug-likeness (QED) is 0.768. The van der Waals surface area contributed by atoms with Crippen LogP contribution in [0.2, 0.25) is 0 Å². The van der Waals surface area contributed by atoms with Crippen LogP contribution in [0.3, 0.4) is 0 Å². The SMILES string of the molecule is CCC(C)N(CCOC)c1ncc(N)cc1C(N)=O. The number of rotatable bonds is 7. The van der Waals surface area contributed by atoms with Crippen molar-refractivity contribution in [3.05, 3.63) is 17.8 Å². The molecule has 0 fully saturated rings. The predicted octanol–water partition coefficient (Wildman–Crippen LogP) is 1.01. The topological polar surface area (TPSA) is 94.5 Å². The Balaban J connectivity index is 3.17. The number of carbonyl (C=O) groups is 1. The lowest BCUT2D eigenvalue weighted by atomic mass is 10.1. The Hall–Kier alpha value is -1.82. The molecule has 0 aromatic carbocycles. The zero-order valence-corrected chi connectivity index (χ0v) is 11.7. The molecular weight excluding hydrogens is 244 g/mol. The molecule has 0 aliphatic carbocycles. The first-order chi connectivity index (χ1) is 9.01. The number of hydrogen-bond acceptors (Lipinski definition) is 5. The summed E-state index contributed by atoms with van der Waals surface area (Å²) in [5.74, 6) is 0.0358. The third-order valence-electron chi connectivity index (χ3n) is 3.08. The molecular formula is C13H22N4O2. The van der Waals surface area contributed by atoms with Crippen LogP contribution >= 0.6 is 0 Å². The highest BCUT2D eigenvalue weighted by molar-refractivity contribution is 5.98. The first-order valence-electron chi connectivity index (χ1n) is 6.32. The van der Waals surface area contributed by atoms with Crippen LogP contribution in [0.5, 0.6) is 0 Å². The number of primary amides is 1. The Bertz CT molecular complexity index is 437. The molecule has 1 amide bonds. The molecule has 106 valence electrons. The molecule has 0 bridgehead atoms. The van der Waals surface area contributed by atoms with Crippen molar-refractivity contribution in [2.45, 2.75) is 26.3 Å². The van der Waals surface area contributed by atoms with E-state index in [1.807, 2.05) is 4.90 Å². The number of nitrogens with zero attached hydrogens (tertiary/aromatic N) is 2. The maximum absolute atomic E-state index is 11.5. The van der Waals surface area contributed by atoms with Gasteiger partial charge in [-0.15, -0.1) is 0 Å². The van der Waals surface area contributed by atoms with Gasteiger partial charge in [0.15, 0.2) is 0 Å². The van der Waals surface area contributed by atoms with Crippen molar-refractivity contribution < 1.29 is 9.53 Å². The number of anilines is 2. The van der Waals surface area contributed by atoms with Crippen LogP contribution in [0.15, 0.2) is 12.3 Å². The van der Waals surface area contributed by atoms with E-state index in [-0.39, 0.29) is 6.04 Å². The molecule has 0 aliphatic heterocycles. The largest absolute Gasteiger partial charge is 0.397 e. The summed E-state index contributed by atoms with van der Waals surface area (Å²) in [6, 6.07) is 1.79. The van der Waals surface area contributed by atoms with Crippen LogP contribution in [0.1, 0.15) is 30.6 Å². The molecule has 0 radical (unpaired) electrons. The minimum absolute atomic E-state index is 0.226. The van der Waals surface area contributed by atoms with Gasteiger partial charge in [0.1, 0.15) is 5.82 Å². The molecule has 1 unspecified atom stereocenters. The molecule has 1 atom stereocenters. The molecule has 0 aliphatic rings. The Morgan fingerprint density at radius 3 is 2.79 bits per heavy atom. The number of carbonyl (C=O) groups excluding carboxylic acids is 1. The van der Waals surface area contributed by atoms with Gasteiger partial charge in [-0.05, 0) is 19.4 Å².